The van der Waals surface area contributed by atoms with Crippen molar-refractivity contribution >= 4 is 17.5 Å². The summed E-state index contributed by atoms with van der Waals surface area (Å²) in [6.07, 6.45) is 2.38. The average Bonchev–Trinajstić information content (AvgIpc) is 2.37. The van der Waals surface area contributed by atoms with E-state index in [0.29, 0.717) is 10.4 Å². The van der Waals surface area contributed by atoms with E-state index in [2.05, 4.69) is 5.32 Å². The summed E-state index contributed by atoms with van der Waals surface area (Å²) in [5, 5.41) is 4.04. The van der Waals surface area contributed by atoms with E-state index in [1.165, 1.54) is 12.8 Å². The largest absolute Gasteiger partial charge is 0.337 e. The van der Waals surface area contributed by atoms with Gasteiger partial charge in [0.15, 0.2) is 0 Å². The van der Waals surface area contributed by atoms with Crippen molar-refractivity contribution in [2.24, 2.45) is 5.41 Å². The number of amides is 1. The zero-order valence-corrected chi connectivity index (χ0v) is 11.0. The molecule has 3 rings (SSSR count). The van der Waals surface area contributed by atoms with E-state index in [9.17, 15) is 4.79 Å². The number of likely N-dealkylation sites (tertiary alicyclic amines) is 1. The molecule has 0 aliphatic carbocycles. The van der Waals surface area contributed by atoms with Gasteiger partial charge in [0.1, 0.15) is 0 Å². The Morgan fingerprint density at radius 1 is 1.17 bits per heavy atom. The van der Waals surface area contributed by atoms with Crippen LogP contribution in [-0.2, 0) is 0 Å². The van der Waals surface area contributed by atoms with E-state index in [1.807, 2.05) is 4.90 Å². The van der Waals surface area contributed by atoms with Gasteiger partial charge in [0.05, 0.1) is 0 Å². The molecule has 0 atom stereocenters. The lowest BCUT2D eigenvalue weighted by Gasteiger charge is -2.52. The molecule has 1 N–H and O–H groups in total. The SMILES string of the molecule is O=C(c1ccc(Cl)cc1)N1CC2(CCNCC2)C1. The third kappa shape index (κ3) is 2.13. The summed E-state index contributed by atoms with van der Waals surface area (Å²) in [7, 11) is 0. The van der Waals surface area contributed by atoms with Crippen molar-refractivity contribution in [1.82, 2.24) is 10.2 Å². The molecule has 0 aromatic heterocycles. The second-order valence-corrected chi connectivity index (χ2v) is 5.85. The van der Waals surface area contributed by atoms with Gasteiger partial charge in [-0.3, -0.25) is 4.79 Å². The molecular formula is C14H17ClN2O. The minimum atomic E-state index is 0.135. The van der Waals surface area contributed by atoms with Crippen molar-refractivity contribution < 1.29 is 4.79 Å². The van der Waals surface area contributed by atoms with Crippen LogP contribution in [-0.4, -0.2) is 37.0 Å². The van der Waals surface area contributed by atoms with Crippen LogP contribution in [0, 0.1) is 5.41 Å². The number of hydrogen-bond donors (Lipinski definition) is 1. The molecule has 4 heteroatoms. The van der Waals surface area contributed by atoms with Gasteiger partial charge in [0.2, 0.25) is 0 Å². The molecule has 3 nitrogen and oxygen atoms in total. The summed E-state index contributed by atoms with van der Waals surface area (Å²) >= 11 is 5.83. The van der Waals surface area contributed by atoms with Crippen LogP contribution in [0.5, 0.6) is 0 Å². The van der Waals surface area contributed by atoms with Gasteiger partial charge < -0.3 is 10.2 Å². The molecule has 1 spiro atoms. The Morgan fingerprint density at radius 3 is 2.39 bits per heavy atom. The molecule has 2 aliphatic rings. The molecule has 0 bridgehead atoms. The highest BCUT2D eigenvalue weighted by atomic mass is 35.5. The van der Waals surface area contributed by atoms with E-state index in [0.717, 1.165) is 31.7 Å². The lowest BCUT2D eigenvalue weighted by molar-refractivity contribution is -0.0113. The molecule has 2 saturated heterocycles. The van der Waals surface area contributed by atoms with Gasteiger partial charge in [0.25, 0.3) is 5.91 Å². The van der Waals surface area contributed by atoms with Crippen molar-refractivity contribution in [2.45, 2.75) is 12.8 Å². The number of piperidine rings is 1. The first kappa shape index (κ1) is 12.0. The number of nitrogens with zero attached hydrogens (tertiary/aromatic N) is 1. The van der Waals surface area contributed by atoms with Crippen molar-refractivity contribution in [3.05, 3.63) is 34.9 Å². The molecule has 0 radical (unpaired) electrons. The standard InChI is InChI=1S/C14H17ClN2O/c15-12-3-1-11(2-4-12)13(18)17-9-14(10-17)5-7-16-8-6-14/h1-4,16H,5-10H2. The molecule has 2 fully saturated rings. The van der Waals surface area contributed by atoms with E-state index < -0.39 is 0 Å². The molecule has 2 heterocycles. The van der Waals surface area contributed by atoms with Crippen LogP contribution >= 0.6 is 11.6 Å². The van der Waals surface area contributed by atoms with Crippen LogP contribution in [0.4, 0.5) is 0 Å². The fourth-order valence-corrected chi connectivity index (χ4v) is 3.08. The van der Waals surface area contributed by atoms with E-state index >= 15 is 0 Å². The quantitative estimate of drug-likeness (QED) is 0.843. The van der Waals surface area contributed by atoms with Gasteiger partial charge in [-0.2, -0.15) is 0 Å². The summed E-state index contributed by atoms with van der Waals surface area (Å²) in [5.74, 6) is 0.135. The molecule has 1 aromatic rings. The minimum Gasteiger partial charge on any atom is -0.337 e. The summed E-state index contributed by atoms with van der Waals surface area (Å²) in [4.78, 5) is 14.2. The second-order valence-electron chi connectivity index (χ2n) is 5.42. The Morgan fingerprint density at radius 2 is 1.78 bits per heavy atom. The Balaban J connectivity index is 1.64. The van der Waals surface area contributed by atoms with Gasteiger partial charge >= 0.3 is 0 Å². The maximum atomic E-state index is 12.2. The Bertz CT molecular complexity index is 443. The molecule has 96 valence electrons. The van der Waals surface area contributed by atoms with Gasteiger partial charge in [-0.25, -0.2) is 0 Å². The molecule has 0 saturated carbocycles. The molecule has 0 unspecified atom stereocenters. The summed E-state index contributed by atoms with van der Waals surface area (Å²) in [5.41, 5.74) is 1.14. The maximum Gasteiger partial charge on any atom is 0.253 e. The minimum absolute atomic E-state index is 0.135. The molecule has 1 aromatic carbocycles. The van der Waals surface area contributed by atoms with Gasteiger partial charge in [-0.1, -0.05) is 11.6 Å². The number of carbonyl (C=O) groups is 1. The third-order valence-corrected chi connectivity index (χ3v) is 4.35. The van der Waals surface area contributed by atoms with E-state index in [1.54, 1.807) is 24.3 Å². The molecule has 18 heavy (non-hydrogen) atoms. The normalized spacial score (nSPS) is 21.7. The van der Waals surface area contributed by atoms with Crippen molar-refractivity contribution in [3.63, 3.8) is 0 Å². The second kappa shape index (κ2) is 4.56. The Hall–Kier alpha value is -1.06. The fourth-order valence-electron chi connectivity index (χ4n) is 2.96. The average molecular weight is 265 g/mol. The number of benzene rings is 1. The van der Waals surface area contributed by atoms with Crippen LogP contribution in [0.3, 0.4) is 0 Å². The lowest BCUT2D eigenvalue weighted by Crippen LogP contribution is -2.61. The smallest absolute Gasteiger partial charge is 0.253 e. The van der Waals surface area contributed by atoms with E-state index in [4.69, 9.17) is 11.6 Å². The predicted octanol–water partition coefficient (Wildman–Crippen LogP) is 2.17. The molecular weight excluding hydrogens is 248 g/mol. The number of nitrogens with one attached hydrogen (secondary N) is 1. The highest BCUT2D eigenvalue weighted by Gasteiger charge is 2.45. The van der Waals surface area contributed by atoms with Crippen LogP contribution < -0.4 is 5.32 Å². The van der Waals surface area contributed by atoms with E-state index in [-0.39, 0.29) is 5.91 Å². The predicted molar refractivity (Wildman–Crippen MR) is 71.9 cm³/mol. The van der Waals surface area contributed by atoms with Crippen LogP contribution in [0.2, 0.25) is 5.02 Å². The van der Waals surface area contributed by atoms with Gasteiger partial charge in [-0.05, 0) is 50.2 Å². The van der Waals surface area contributed by atoms with Crippen LogP contribution in [0.1, 0.15) is 23.2 Å². The maximum absolute atomic E-state index is 12.2. The first-order valence-corrected chi connectivity index (χ1v) is 6.82. The van der Waals surface area contributed by atoms with Crippen molar-refractivity contribution in [2.75, 3.05) is 26.2 Å². The molecule has 1 amide bonds. The number of hydrogen-bond acceptors (Lipinski definition) is 2. The zero-order chi connectivity index (χ0) is 12.6. The Labute approximate surface area is 112 Å². The van der Waals surface area contributed by atoms with Crippen molar-refractivity contribution in [1.29, 1.82) is 0 Å². The fraction of sp³-hybridized carbons (Fsp3) is 0.500. The summed E-state index contributed by atoms with van der Waals surface area (Å²) in [6, 6.07) is 7.15. The zero-order valence-electron chi connectivity index (χ0n) is 10.3. The number of carbonyl (C=O) groups excluding carboxylic acids is 1. The third-order valence-electron chi connectivity index (χ3n) is 4.10. The molecule has 2 aliphatic heterocycles. The van der Waals surface area contributed by atoms with Gasteiger partial charge in [-0.15, -0.1) is 0 Å². The summed E-state index contributed by atoms with van der Waals surface area (Å²) in [6.45, 7) is 4.00. The monoisotopic (exact) mass is 264 g/mol. The highest BCUT2D eigenvalue weighted by Crippen LogP contribution is 2.39. The first-order chi connectivity index (χ1) is 8.69. The van der Waals surface area contributed by atoms with Crippen LogP contribution in [0.15, 0.2) is 24.3 Å². The van der Waals surface area contributed by atoms with Gasteiger partial charge in [0, 0.05) is 29.1 Å². The lowest BCUT2D eigenvalue weighted by atomic mass is 9.72. The Kier molecular flexibility index (Phi) is 3.04. The summed E-state index contributed by atoms with van der Waals surface area (Å²) < 4.78 is 0. The first-order valence-electron chi connectivity index (χ1n) is 6.44. The van der Waals surface area contributed by atoms with Crippen molar-refractivity contribution in [3.8, 4) is 0 Å². The highest BCUT2D eigenvalue weighted by molar-refractivity contribution is 6.30. The topological polar surface area (TPSA) is 32.3 Å². The van der Waals surface area contributed by atoms with Crippen LogP contribution in [0.25, 0.3) is 0 Å². The number of rotatable bonds is 1. The number of halogens is 1.